The lowest BCUT2D eigenvalue weighted by Crippen LogP contribution is -2.23. The van der Waals surface area contributed by atoms with Crippen LogP contribution in [0.3, 0.4) is 0 Å². The Morgan fingerprint density at radius 3 is 2.75 bits per heavy atom. The molecule has 2 heterocycles. The van der Waals surface area contributed by atoms with Crippen LogP contribution in [0.15, 0.2) is 30.3 Å². The van der Waals surface area contributed by atoms with Gasteiger partial charge in [0.05, 0.1) is 11.4 Å². The van der Waals surface area contributed by atoms with Crippen LogP contribution in [-0.2, 0) is 6.54 Å². The summed E-state index contributed by atoms with van der Waals surface area (Å²) in [4.78, 5) is 2.39. The SMILES string of the molecule is CCn1nc(C)c(N)c1N1CCC(c2ccccc2)C1. The highest BCUT2D eigenvalue weighted by Crippen LogP contribution is 2.34. The van der Waals surface area contributed by atoms with Crippen LogP contribution in [0.2, 0.25) is 0 Å². The van der Waals surface area contributed by atoms with Crippen molar-refractivity contribution in [2.45, 2.75) is 32.7 Å². The quantitative estimate of drug-likeness (QED) is 0.933. The molecule has 3 rings (SSSR count). The molecule has 0 radical (unpaired) electrons. The Morgan fingerprint density at radius 2 is 2.05 bits per heavy atom. The zero-order valence-electron chi connectivity index (χ0n) is 12.2. The summed E-state index contributed by atoms with van der Waals surface area (Å²) < 4.78 is 2.03. The summed E-state index contributed by atoms with van der Waals surface area (Å²) in [6.07, 6.45) is 1.18. The fraction of sp³-hybridized carbons (Fsp3) is 0.438. The van der Waals surface area contributed by atoms with E-state index in [1.165, 1.54) is 12.0 Å². The van der Waals surface area contributed by atoms with E-state index in [1.54, 1.807) is 0 Å². The van der Waals surface area contributed by atoms with Crippen molar-refractivity contribution in [3.8, 4) is 0 Å². The van der Waals surface area contributed by atoms with E-state index < -0.39 is 0 Å². The molecule has 106 valence electrons. The Kier molecular flexibility index (Phi) is 3.38. The smallest absolute Gasteiger partial charge is 0.150 e. The van der Waals surface area contributed by atoms with Gasteiger partial charge in [-0.25, -0.2) is 4.68 Å². The van der Waals surface area contributed by atoms with E-state index in [9.17, 15) is 0 Å². The van der Waals surface area contributed by atoms with E-state index in [2.05, 4.69) is 47.3 Å². The number of hydrogen-bond donors (Lipinski definition) is 1. The molecule has 1 aromatic carbocycles. The van der Waals surface area contributed by atoms with Gasteiger partial charge in [-0.3, -0.25) is 0 Å². The number of anilines is 2. The number of rotatable bonds is 3. The zero-order chi connectivity index (χ0) is 14.1. The second-order valence-electron chi connectivity index (χ2n) is 5.48. The highest BCUT2D eigenvalue weighted by molar-refractivity contribution is 5.66. The molecule has 1 aromatic heterocycles. The third-order valence-electron chi connectivity index (χ3n) is 4.20. The number of aromatic nitrogens is 2. The molecule has 1 fully saturated rings. The van der Waals surface area contributed by atoms with Gasteiger partial charge in [-0.15, -0.1) is 0 Å². The molecule has 20 heavy (non-hydrogen) atoms. The van der Waals surface area contributed by atoms with Gasteiger partial charge in [-0.05, 0) is 25.8 Å². The number of hydrogen-bond acceptors (Lipinski definition) is 3. The molecule has 4 heteroatoms. The Hall–Kier alpha value is -1.97. The first-order chi connectivity index (χ1) is 9.70. The van der Waals surface area contributed by atoms with Crippen LogP contribution < -0.4 is 10.6 Å². The fourth-order valence-electron chi connectivity index (χ4n) is 3.09. The van der Waals surface area contributed by atoms with Gasteiger partial charge in [-0.2, -0.15) is 5.10 Å². The van der Waals surface area contributed by atoms with Crippen LogP contribution in [0.5, 0.6) is 0 Å². The Bertz CT molecular complexity index is 588. The highest BCUT2D eigenvalue weighted by atomic mass is 15.4. The normalized spacial score (nSPS) is 18.7. The first kappa shape index (κ1) is 13.0. The predicted octanol–water partition coefficient (Wildman–Crippen LogP) is 2.79. The molecule has 0 saturated carbocycles. The number of nitrogen functional groups attached to an aromatic ring is 1. The summed E-state index contributed by atoms with van der Waals surface area (Å²) in [7, 11) is 0. The van der Waals surface area contributed by atoms with Crippen LogP contribution in [-0.4, -0.2) is 22.9 Å². The molecule has 2 N–H and O–H groups in total. The molecule has 0 aliphatic carbocycles. The first-order valence-electron chi connectivity index (χ1n) is 7.33. The maximum absolute atomic E-state index is 6.22. The van der Waals surface area contributed by atoms with Gasteiger partial charge < -0.3 is 10.6 Å². The van der Waals surface area contributed by atoms with Crippen LogP contribution in [0, 0.1) is 6.92 Å². The molecule has 1 unspecified atom stereocenters. The molecule has 1 saturated heterocycles. The Morgan fingerprint density at radius 1 is 1.30 bits per heavy atom. The minimum atomic E-state index is 0.594. The first-order valence-corrected chi connectivity index (χ1v) is 7.33. The van der Waals surface area contributed by atoms with E-state index >= 15 is 0 Å². The Balaban J connectivity index is 1.84. The van der Waals surface area contributed by atoms with Gasteiger partial charge in [0.2, 0.25) is 0 Å². The van der Waals surface area contributed by atoms with E-state index in [-0.39, 0.29) is 0 Å². The van der Waals surface area contributed by atoms with Crippen molar-refractivity contribution >= 4 is 11.5 Å². The van der Waals surface area contributed by atoms with Crippen molar-refractivity contribution in [1.82, 2.24) is 9.78 Å². The lowest BCUT2D eigenvalue weighted by atomic mass is 9.99. The molecule has 1 aliphatic rings. The van der Waals surface area contributed by atoms with Crippen molar-refractivity contribution < 1.29 is 0 Å². The van der Waals surface area contributed by atoms with Crippen LogP contribution in [0.4, 0.5) is 11.5 Å². The largest absolute Gasteiger partial charge is 0.394 e. The molecular formula is C16H22N4. The van der Waals surface area contributed by atoms with Crippen molar-refractivity contribution in [2.75, 3.05) is 23.7 Å². The van der Waals surface area contributed by atoms with Gasteiger partial charge >= 0.3 is 0 Å². The fourth-order valence-corrected chi connectivity index (χ4v) is 3.09. The third-order valence-corrected chi connectivity index (χ3v) is 4.20. The monoisotopic (exact) mass is 270 g/mol. The standard InChI is InChI=1S/C16H22N4/c1-3-20-16(15(17)12(2)18-20)19-10-9-14(11-19)13-7-5-4-6-8-13/h4-8,14H,3,9-11,17H2,1-2H3. The number of benzene rings is 1. The van der Waals surface area contributed by atoms with Gasteiger partial charge in [0.1, 0.15) is 0 Å². The number of nitrogens with zero attached hydrogens (tertiary/aromatic N) is 3. The van der Waals surface area contributed by atoms with Crippen molar-refractivity contribution in [2.24, 2.45) is 0 Å². The van der Waals surface area contributed by atoms with Crippen LogP contribution in [0.25, 0.3) is 0 Å². The van der Waals surface area contributed by atoms with Gasteiger partial charge in [-0.1, -0.05) is 30.3 Å². The van der Waals surface area contributed by atoms with E-state index in [4.69, 9.17) is 5.73 Å². The Labute approximate surface area is 120 Å². The van der Waals surface area contributed by atoms with E-state index in [0.717, 1.165) is 36.8 Å². The summed E-state index contributed by atoms with van der Waals surface area (Å²) in [5.41, 5.74) is 9.41. The lowest BCUT2D eigenvalue weighted by Gasteiger charge is -2.20. The summed E-state index contributed by atoms with van der Waals surface area (Å²) in [5.74, 6) is 1.69. The second kappa shape index (κ2) is 5.19. The molecular weight excluding hydrogens is 248 g/mol. The van der Waals surface area contributed by atoms with Crippen LogP contribution in [0.1, 0.15) is 30.5 Å². The molecule has 0 spiro atoms. The summed E-state index contributed by atoms with van der Waals surface area (Å²) in [6, 6.07) is 10.8. The molecule has 2 aromatic rings. The third kappa shape index (κ3) is 2.15. The van der Waals surface area contributed by atoms with Gasteiger partial charge in [0.15, 0.2) is 5.82 Å². The van der Waals surface area contributed by atoms with Crippen molar-refractivity contribution in [3.63, 3.8) is 0 Å². The zero-order valence-corrected chi connectivity index (χ0v) is 12.2. The molecule has 0 bridgehead atoms. The molecule has 1 aliphatic heterocycles. The molecule has 0 amide bonds. The maximum Gasteiger partial charge on any atom is 0.150 e. The summed E-state index contributed by atoms with van der Waals surface area (Å²) >= 11 is 0. The second-order valence-corrected chi connectivity index (χ2v) is 5.48. The minimum absolute atomic E-state index is 0.594. The maximum atomic E-state index is 6.22. The minimum Gasteiger partial charge on any atom is -0.394 e. The van der Waals surface area contributed by atoms with Crippen LogP contribution >= 0.6 is 0 Å². The van der Waals surface area contributed by atoms with E-state index in [0.29, 0.717) is 5.92 Å². The predicted molar refractivity (Wildman–Crippen MR) is 83.1 cm³/mol. The number of aryl methyl sites for hydroxylation is 2. The highest BCUT2D eigenvalue weighted by Gasteiger charge is 2.28. The molecule has 1 atom stereocenters. The average molecular weight is 270 g/mol. The van der Waals surface area contributed by atoms with Gasteiger partial charge in [0.25, 0.3) is 0 Å². The number of nitrogens with two attached hydrogens (primary N) is 1. The topological polar surface area (TPSA) is 47.1 Å². The van der Waals surface area contributed by atoms with E-state index in [1.807, 2.05) is 11.6 Å². The van der Waals surface area contributed by atoms with Gasteiger partial charge in [0, 0.05) is 25.6 Å². The lowest BCUT2D eigenvalue weighted by molar-refractivity contribution is 0.641. The van der Waals surface area contributed by atoms with Crippen molar-refractivity contribution in [1.29, 1.82) is 0 Å². The van der Waals surface area contributed by atoms with Crippen molar-refractivity contribution in [3.05, 3.63) is 41.6 Å². The average Bonchev–Trinajstić information content (AvgIpc) is 3.06. The summed E-state index contributed by atoms with van der Waals surface area (Å²) in [5, 5.41) is 4.52. The summed E-state index contributed by atoms with van der Waals surface area (Å²) in [6.45, 7) is 7.03. The molecule has 4 nitrogen and oxygen atoms in total.